The molecule has 1 heterocycles. The first-order chi connectivity index (χ1) is 18.1. The number of hydrogen-bond acceptors (Lipinski definition) is 5. The third kappa shape index (κ3) is 6.62. The summed E-state index contributed by atoms with van der Waals surface area (Å²) in [5, 5.41) is 2.18. The molecule has 210 valence electrons. The van der Waals surface area contributed by atoms with E-state index in [2.05, 4.69) is 10.3 Å². The number of carbonyl (C=O) groups is 1. The van der Waals surface area contributed by atoms with Crippen LogP contribution in [0, 0.1) is 5.82 Å². The summed E-state index contributed by atoms with van der Waals surface area (Å²) in [6.07, 6.45) is -4.82. The molecule has 0 saturated carbocycles. The van der Waals surface area contributed by atoms with E-state index >= 15 is 0 Å². The highest BCUT2D eigenvalue weighted by molar-refractivity contribution is 6.31. The summed E-state index contributed by atoms with van der Waals surface area (Å²) in [5.74, 6) is -0.752. The first-order valence-electron chi connectivity index (χ1n) is 12.0. The molecule has 11 heteroatoms. The Kier molecular flexibility index (Phi) is 8.82. The summed E-state index contributed by atoms with van der Waals surface area (Å²) in [4.78, 5) is 17.2. The minimum Gasteiger partial charge on any atom is -0.493 e. The molecule has 1 aromatic heterocycles. The summed E-state index contributed by atoms with van der Waals surface area (Å²) in [5.41, 5.74) is 3.12. The number of pyridine rings is 1. The Morgan fingerprint density at radius 3 is 2.31 bits per heavy atom. The SMILES string of the molecule is CCOc1ccc(C(=O)NCC(C)(c2cc(C(C)(C)N)cc(-c3ccc(F)c(Cl)c3)n2)C(F)(F)F)cc1OC. The van der Waals surface area contributed by atoms with Crippen LogP contribution < -0.4 is 20.5 Å². The molecule has 39 heavy (non-hydrogen) atoms. The quantitative estimate of drug-likeness (QED) is 0.293. The zero-order valence-corrected chi connectivity index (χ0v) is 22.9. The average molecular weight is 568 g/mol. The number of aromatic nitrogens is 1. The molecule has 0 saturated heterocycles. The van der Waals surface area contributed by atoms with Gasteiger partial charge in [0.2, 0.25) is 0 Å². The van der Waals surface area contributed by atoms with Crippen LogP contribution in [0.3, 0.4) is 0 Å². The monoisotopic (exact) mass is 567 g/mol. The van der Waals surface area contributed by atoms with Crippen LogP contribution in [0.2, 0.25) is 5.02 Å². The number of ether oxygens (including phenoxy) is 2. The fourth-order valence-corrected chi connectivity index (χ4v) is 3.95. The van der Waals surface area contributed by atoms with E-state index in [0.29, 0.717) is 23.5 Å². The predicted octanol–water partition coefficient (Wildman–Crippen LogP) is 6.39. The molecular weight excluding hydrogens is 538 g/mol. The standard InChI is InChI=1S/C28H30ClF4N3O3/c1-6-39-22-10-8-17(12-23(22)38-5)25(37)35-15-27(4,28(31,32)33)24-14-18(26(2,3)34)13-21(36-24)16-7-9-20(30)19(29)11-16/h7-14H,6,15,34H2,1-5H3,(H,35,37). The fraction of sp³-hybridized carbons (Fsp3) is 0.357. The van der Waals surface area contributed by atoms with Crippen LogP contribution in [0.25, 0.3) is 11.3 Å². The van der Waals surface area contributed by atoms with Gasteiger partial charge in [0.1, 0.15) is 11.2 Å². The Morgan fingerprint density at radius 1 is 1.05 bits per heavy atom. The van der Waals surface area contributed by atoms with Crippen molar-refractivity contribution in [3.63, 3.8) is 0 Å². The van der Waals surface area contributed by atoms with Gasteiger partial charge in [-0.25, -0.2) is 4.39 Å². The summed E-state index contributed by atoms with van der Waals surface area (Å²) in [6.45, 7) is 5.55. The van der Waals surface area contributed by atoms with Gasteiger partial charge in [-0.3, -0.25) is 9.78 Å². The molecule has 0 bridgehead atoms. The molecule has 0 aliphatic heterocycles. The number of carbonyl (C=O) groups excluding carboxylic acids is 1. The van der Waals surface area contributed by atoms with Crippen molar-refractivity contribution in [2.75, 3.05) is 20.3 Å². The molecule has 0 radical (unpaired) electrons. The highest BCUT2D eigenvalue weighted by Gasteiger charge is 2.54. The number of rotatable bonds is 9. The van der Waals surface area contributed by atoms with Gasteiger partial charge < -0.3 is 20.5 Å². The molecular formula is C28H30ClF4N3O3. The highest BCUT2D eigenvalue weighted by atomic mass is 35.5. The summed E-state index contributed by atoms with van der Waals surface area (Å²) >= 11 is 5.92. The van der Waals surface area contributed by atoms with Crippen molar-refractivity contribution in [1.82, 2.24) is 10.3 Å². The van der Waals surface area contributed by atoms with Crippen molar-refractivity contribution >= 4 is 17.5 Å². The second-order valence-electron chi connectivity index (χ2n) is 9.79. The van der Waals surface area contributed by atoms with Crippen LogP contribution in [0.4, 0.5) is 17.6 Å². The first-order valence-corrected chi connectivity index (χ1v) is 12.4. The van der Waals surface area contributed by atoms with Gasteiger partial charge in [0.25, 0.3) is 5.91 Å². The largest absolute Gasteiger partial charge is 0.493 e. The third-order valence-corrected chi connectivity index (χ3v) is 6.59. The summed E-state index contributed by atoms with van der Waals surface area (Å²) in [7, 11) is 1.39. The number of benzene rings is 2. The lowest BCUT2D eigenvalue weighted by atomic mass is 9.82. The zero-order valence-electron chi connectivity index (χ0n) is 22.2. The lowest BCUT2D eigenvalue weighted by Gasteiger charge is -2.33. The van der Waals surface area contributed by atoms with Crippen molar-refractivity contribution in [3.8, 4) is 22.8 Å². The van der Waals surface area contributed by atoms with Crippen molar-refractivity contribution in [2.24, 2.45) is 5.73 Å². The van der Waals surface area contributed by atoms with Gasteiger partial charge in [0, 0.05) is 23.2 Å². The third-order valence-electron chi connectivity index (χ3n) is 6.30. The van der Waals surface area contributed by atoms with Crippen molar-refractivity contribution in [3.05, 3.63) is 76.2 Å². The number of nitrogens with one attached hydrogen (secondary N) is 1. The average Bonchev–Trinajstić information content (AvgIpc) is 2.87. The van der Waals surface area contributed by atoms with Crippen molar-refractivity contribution in [2.45, 2.75) is 44.8 Å². The van der Waals surface area contributed by atoms with E-state index in [-0.39, 0.29) is 27.7 Å². The van der Waals surface area contributed by atoms with Crippen molar-refractivity contribution < 1.29 is 31.8 Å². The lowest BCUT2D eigenvalue weighted by Crippen LogP contribution is -2.49. The minimum absolute atomic E-state index is 0.0891. The molecule has 0 fully saturated rings. The van der Waals surface area contributed by atoms with Gasteiger partial charge in [0.15, 0.2) is 11.5 Å². The molecule has 1 atom stereocenters. The molecule has 1 unspecified atom stereocenters. The molecule has 0 aliphatic carbocycles. The molecule has 1 amide bonds. The van der Waals surface area contributed by atoms with Crippen LogP contribution in [0.5, 0.6) is 11.5 Å². The van der Waals surface area contributed by atoms with E-state index in [1.807, 2.05) is 0 Å². The molecule has 6 nitrogen and oxygen atoms in total. The number of halogens is 5. The second kappa shape index (κ2) is 11.4. The van der Waals surface area contributed by atoms with Gasteiger partial charge in [0.05, 0.1) is 30.1 Å². The van der Waals surface area contributed by atoms with Gasteiger partial charge in [-0.2, -0.15) is 13.2 Å². The van der Waals surface area contributed by atoms with E-state index in [1.54, 1.807) is 20.8 Å². The van der Waals surface area contributed by atoms with Crippen LogP contribution >= 0.6 is 11.6 Å². The minimum atomic E-state index is -4.82. The number of nitrogens with two attached hydrogens (primary N) is 1. The lowest BCUT2D eigenvalue weighted by molar-refractivity contribution is -0.184. The molecule has 3 rings (SSSR count). The summed E-state index contributed by atoms with van der Waals surface area (Å²) in [6, 6.07) is 10.9. The van der Waals surface area contributed by atoms with Crippen LogP contribution in [-0.2, 0) is 11.0 Å². The number of amides is 1. The van der Waals surface area contributed by atoms with Gasteiger partial charge in [-0.05, 0) is 81.8 Å². The van der Waals surface area contributed by atoms with Crippen LogP contribution in [0.15, 0.2) is 48.5 Å². The molecule has 2 aromatic carbocycles. The topological polar surface area (TPSA) is 86.5 Å². The van der Waals surface area contributed by atoms with E-state index in [9.17, 15) is 22.4 Å². The fourth-order valence-electron chi connectivity index (χ4n) is 3.77. The van der Waals surface area contributed by atoms with Crippen LogP contribution in [0.1, 0.15) is 49.3 Å². The predicted molar refractivity (Wildman–Crippen MR) is 142 cm³/mol. The Hall–Kier alpha value is -3.37. The van der Waals surface area contributed by atoms with Gasteiger partial charge >= 0.3 is 6.18 Å². The summed E-state index contributed by atoms with van der Waals surface area (Å²) < 4.78 is 68.4. The number of methoxy groups -OCH3 is 1. The second-order valence-corrected chi connectivity index (χ2v) is 10.2. The highest BCUT2D eigenvalue weighted by Crippen LogP contribution is 2.42. The maximum Gasteiger partial charge on any atom is 0.401 e. The molecule has 3 aromatic rings. The molecule has 3 N–H and O–H groups in total. The molecule has 0 aliphatic rings. The molecule has 0 spiro atoms. The van der Waals surface area contributed by atoms with Crippen LogP contribution in [-0.4, -0.2) is 37.3 Å². The zero-order chi connectivity index (χ0) is 29.2. The van der Waals surface area contributed by atoms with Gasteiger partial charge in [-0.15, -0.1) is 0 Å². The maximum absolute atomic E-state index is 14.6. The van der Waals surface area contributed by atoms with E-state index in [4.69, 9.17) is 26.8 Å². The Balaban J connectivity index is 2.05. The number of alkyl halides is 3. The maximum atomic E-state index is 14.6. The first kappa shape index (κ1) is 30.2. The number of nitrogens with zero attached hydrogens (tertiary/aromatic N) is 1. The Bertz CT molecular complexity index is 1360. The van der Waals surface area contributed by atoms with Gasteiger partial charge in [-0.1, -0.05) is 11.6 Å². The van der Waals surface area contributed by atoms with E-state index in [1.165, 1.54) is 49.6 Å². The van der Waals surface area contributed by atoms with Crippen molar-refractivity contribution in [1.29, 1.82) is 0 Å². The number of hydrogen-bond donors (Lipinski definition) is 2. The Labute approximate surface area is 229 Å². The van der Waals surface area contributed by atoms with E-state index < -0.39 is 35.4 Å². The normalized spacial score (nSPS) is 13.5. The Morgan fingerprint density at radius 2 is 1.74 bits per heavy atom. The smallest absolute Gasteiger partial charge is 0.401 e. The van der Waals surface area contributed by atoms with E-state index in [0.717, 1.165) is 13.0 Å².